The van der Waals surface area contributed by atoms with Crippen LogP contribution >= 0.6 is 0 Å². The van der Waals surface area contributed by atoms with Gasteiger partial charge in [0.1, 0.15) is 0 Å². The minimum Gasteiger partial charge on any atom is -0.304 e. The molecule has 0 bridgehead atoms. The largest absolute Gasteiger partial charge is 0.304 e. The second-order valence-corrected chi connectivity index (χ2v) is 6.55. The van der Waals surface area contributed by atoms with E-state index in [2.05, 4.69) is 56.9 Å². The van der Waals surface area contributed by atoms with Crippen LogP contribution in [0.3, 0.4) is 0 Å². The molecule has 1 fully saturated rings. The van der Waals surface area contributed by atoms with E-state index in [1.54, 1.807) is 0 Å². The first kappa shape index (κ1) is 15.6. The first-order valence-corrected chi connectivity index (χ1v) is 8.74. The van der Waals surface area contributed by atoms with Crippen LogP contribution in [-0.4, -0.2) is 26.3 Å². The minimum absolute atomic E-state index is 0.250. The number of benzene rings is 1. The van der Waals surface area contributed by atoms with Crippen molar-refractivity contribution in [2.45, 2.75) is 38.5 Å². The highest BCUT2D eigenvalue weighted by Crippen LogP contribution is 2.39. The Labute approximate surface area is 146 Å². The lowest BCUT2D eigenvalue weighted by Gasteiger charge is -2.00. The molecule has 25 heavy (non-hydrogen) atoms. The molecule has 1 aliphatic carbocycles. The van der Waals surface area contributed by atoms with Crippen LogP contribution in [0, 0.1) is 0 Å². The molecule has 4 rings (SSSR count). The maximum absolute atomic E-state index is 12.3. The SMILES string of the molecule is CCCc1ccc(-c2cc(NC(=O)c3cc(C4CC4)[nH]n3)n[nH]2)cc1. The van der Waals surface area contributed by atoms with Crippen LogP contribution in [0.5, 0.6) is 0 Å². The van der Waals surface area contributed by atoms with Crippen LogP contribution in [-0.2, 0) is 6.42 Å². The highest BCUT2D eigenvalue weighted by molar-refractivity contribution is 6.02. The maximum Gasteiger partial charge on any atom is 0.277 e. The van der Waals surface area contributed by atoms with Crippen LogP contribution < -0.4 is 5.32 Å². The molecule has 3 N–H and O–H groups in total. The molecule has 6 heteroatoms. The van der Waals surface area contributed by atoms with Crippen molar-refractivity contribution in [3.63, 3.8) is 0 Å². The molecule has 1 amide bonds. The van der Waals surface area contributed by atoms with E-state index in [0.717, 1.165) is 29.8 Å². The van der Waals surface area contributed by atoms with Crippen molar-refractivity contribution in [2.24, 2.45) is 0 Å². The van der Waals surface area contributed by atoms with Gasteiger partial charge in [0.2, 0.25) is 0 Å². The van der Waals surface area contributed by atoms with E-state index in [9.17, 15) is 4.79 Å². The fraction of sp³-hybridized carbons (Fsp3) is 0.316. The minimum atomic E-state index is -0.250. The molecule has 3 aromatic rings. The van der Waals surface area contributed by atoms with E-state index in [1.165, 1.54) is 18.4 Å². The summed E-state index contributed by atoms with van der Waals surface area (Å²) in [6.07, 6.45) is 4.55. The van der Waals surface area contributed by atoms with Gasteiger partial charge in [-0.25, -0.2) is 0 Å². The molecule has 0 radical (unpaired) electrons. The summed E-state index contributed by atoms with van der Waals surface area (Å²) in [5, 5.41) is 17.0. The fourth-order valence-electron chi connectivity index (χ4n) is 2.91. The molecule has 1 saturated carbocycles. The number of aromatic amines is 2. The maximum atomic E-state index is 12.3. The second-order valence-electron chi connectivity index (χ2n) is 6.55. The number of hydrogen-bond acceptors (Lipinski definition) is 3. The molecule has 1 aromatic carbocycles. The van der Waals surface area contributed by atoms with E-state index in [-0.39, 0.29) is 5.91 Å². The van der Waals surface area contributed by atoms with Gasteiger partial charge in [0.15, 0.2) is 11.5 Å². The average Bonchev–Trinajstić information content (AvgIpc) is 3.17. The number of aromatic nitrogens is 4. The average molecular weight is 335 g/mol. The number of hydrogen-bond donors (Lipinski definition) is 3. The summed E-state index contributed by atoms with van der Waals surface area (Å²) in [5.74, 6) is 0.787. The molecule has 2 heterocycles. The summed E-state index contributed by atoms with van der Waals surface area (Å²) in [6, 6.07) is 12.1. The van der Waals surface area contributed by atoms with E-state index < -0.39 is 0 Å². The summed E-state index contributed by atoms with van der Waals surface area (Å²) in [7, 11) is 0. The van der Waals surface area contributed by atoms with Crippen LogP contribution in [0.2, 0.25) is 0 Å². The zero-order chi connectivity index (χ0) is 17.2. The topological polar surface area (TPSA) is 86.5 Å². The Bertz CT molecular complexity index is 873. The Morgan fingerprint density at radius 2 is 1.96 bits per heavy atom. The first-order valence-electron chi connectivity index (χ1n) is 8.74. The van der Waals surface area contributed by atoms with Gasteiger partial charge in [0.05, 0.1) is 5.69 Å². The molecular formula is C19H21N5O. The van der Waals surface area contributed by atoms with Gasteiger partial charge < -0.3 is 5.32 Å². The van der Waals surface area contributed by atoms with E-state index in [0.29, 0.717) is 17.4 Å². The van der Waals surface area contributed by atoms with E-state index in [4.69, 9.17) is 0 Å². The number of rotatable bonds is 6. The number of carbonyl (C=O) groups excluding carboxylic acids is 1. The summed E-state index contributed by atoms with van der Waals surface area (Å²) in [6.45, 7) is 2.17. The van der Waals surface area contributed by atoms with E-state index in [1.807, 2.05) is 12.1 Å². The predicted octanol–water partition coefficient (Wildman–Crippen LogP) is 3.88. The van der Waals surface area contributed by atoms with Gasteiger partial charge in [0, 0.05) is 17.7 Å². The molecule has 2 aromatic heterocycles. The monoisotopic (exact) mass is 335 g/mol. The summed E-state index contributed by atoms with van der Waals surface area (Å²) in [5.41, 5.74) is 4.68. The predicted molar refractivity (Wildman–Crippen MR) is 96.5 cm³/mol. The van der Waals surface area contributed by atoms with Crippen molar-refractivity contribution >= 4 is 11.7 Å². The third-order valence-electron chi connectivity index (χ3n) is 4.47. The van der Waals surface area contributed by atoms with Gasteiger partial charge in [0.25, 0.3) is 5.91 Å². The number of amides is 1. The smallest absolute Gasteiger partial charge is 0.277 e. The van der Waals surface area contributed by atoms with Crippen LogP contribution in [0.15, 0.2) is 36.4 Å². The first-order chi connectivity index (χ1) is 12.2. The van der Waals surface area contributed by atoms with Crippen molar-refractivity contribution in [2.75, 3.05) is 5.32 Å². The van der Waals surface area contributed by atoms with Crippen LogP contribution in [0.25, 0.3) is 11.3 Å². The zero-order valence-corrected chi connectivity index (χ0v) is 14.2. The van der Waals surface area contributed by atoms with Crippen molar-refractivity contribution in [1.82, 2.24) is 20.4 Å². The lowest BCUT2D eigenvalue weighted by atomic mass is 10.1. The Balaban J connectivity index is 1.44. The number of H-pyrrole nitrogens is 2. The van der Waals surface area contributed by atoms with Gasteiger partial charge in [-0.15, -0.1) is 0 Å². The third-order valence-corrected chi connectivity index (χ3v) is 4.47. The fourth-order valence-corrected chi connectivity index (χ4v) is 2.91. The quantitative estimate of drug-likeness (QED) is 0.639. The van der Waals surface area contributed by atoms with Crippen molar-refractivity contribution in [3.8, 4) is 11.3 Å². The highest BCUT2D eigenvalue weighted by atomic mass is 16.2. The molecular weight excluding hydrogens is 314 g/mol. The molecule has 0 aliphatic heterocycles. The number of carbonyl (C=O) groups is 1. The van der Waals surface area contributed by atoms with Gasteiger partial charge in [-0.05, 0) is 36.5 Å². The summed E-state index contributed by atoms with van der Waals surface area (Å²) in [4.78, 5) is 12.3. The normalized spacial score (nSPS) is 13.8. The highest BCUT2D eigenvalue weighted by Gasteiger charge is 2.26. The number of nitrogens with zero attached hydrogens (tertiary/aromatic N) is 2. The van der Waals surface area contributed by atoms with Crippen molar-refractivity contribution < 1.29 is 4.79 Å². The molecule has 0 saturated heterocycles. The number of anilines is 1. The molecule has 1 aliphatic rings. The number of aryl methyl sites for hydroxylation is 1. The molecule has 6 nitrogen and oxygen atoms in total. The van der Waals surface area contributed by atoms with Gasteiger partial charge in [-0.1, -0.05) is 37.6 Å². The third kappa shape index (κ3) is 3.47. The van der Waals surface area contributed by atoms with Gasteiger partial charge >= 0.3 is 0 Å². The molecule has 0 unspecified atom stereocenters. The number of nitrogens with one attached hydrogen (secondary N) is 3. The molecule has 0 atom stereocenters. The Morgan fingerprint density at radius 3 is 2.68 bits per heavy atom. The van der Waals surface area contributed by atoms with Gasteiger partial charge in [-0.2, -0.15) is 10.2 Å². The van der Waals surface area contributed by atoms with Crippen molar-refractivity contribution in [1.29, 1.82) is 0 Å². The molecule has 128 valence electrons. The Morgan fingerprint density at radius 1 is 1.16 bits per heavy atom. The standard InChI is InChI=1S/C19H21N5O/c1-2-3-12-4-6-13(7-5-12)16-11-18(24-22-16)20-19(25)17-10-15(21-23-17)14-8-9-14/h4-7,10-11,14H,2-3,8-9H2,1H3,(H,21,23)(H2,20,22,24,25). The van der Waals surface area contributed by atoms with Gasteiger partial charge in [-0.3, -0.25) is 15.0 Å². The lowest BCUT2D eigenvalue weighted by molar-refractivity contribution is 0.102. The Hall–Kier alpha value is -2.89. The second kappa shape index (κ2) is 6.55. The van der Waals surface area contributed by atoms with E-state index >= 15 is 0 Å². The lowest BCUT2D eigenvalue weighted by Crippen LogP contribution is -2.12. The van der Waals surface area contributed by atoms with Crippen molar-refractivity contribution in [3.05, 3.63) is 53.3 Å². The van der Waals surface area contributed by atoms with Crippen LogP contribution in [0.1, 0.15) is 53.8 Å². The zero-order valence-electron chi connectivity index (χ0n) is 14.2. The van der Waals surface area contributed by atoms with Crippen LogP contribution in [0.4, 0.5) is 5.82 Å². The summed E-state index contributed by atoms with van der Waals surface area (Å²) < 4.78 is 0. The molecule has 0 spiro atoms. The Kier molecular flexibility index (Phi) is 4.09. The summed E-state index contributed by atoms with van der Waals surface area (Å²) >= 11 is 0.